The van der Waals surface area contributed by atoms with Crippen molar-refractivity contribution < 1.29 is 38.5 Å². The summed E-state index contributed by atoms with van der Waals surface area (Å²) in [6, 6.07) is 0. The molecule has 0 spiro atoms. The van der Waals surface area contributed by atoms with Crippen LogP contribution in [0, 0.1) is 30.6 Å². The van der Waals surface area contributed by atoms with E-state index in [1.165, 1.54) is 27.7 Å². The average molecular weight is 436 g/mol. The maximum atomic E-state index is 12.2. The first-order chi connectivity index (χ1) is 13.8. The monoisotopic (exact) mass is 436 g/mol. The summed E-state index contributed by atoms with van der Waals surface area (Å²) in [5, 5.41) is 54.2. The number of nitro groups is 2. The molecule has 0 bridgehead atoms. The molecular weight excluding hydrogens is 412 g/mol. The van der Waals surface area contributed by atoms with E-state index in [4.69, 9.17) is 18.9 Å². The molecule has 0 radical (unpaired) electrons. The predicted molar refractivity (Wildman–Crippen MR) is 93.3 cm³/mol. The molecule has 0 aliphatic carbocycles. The molecule has 0 amide bonds. The lowest BCUT2D eigenvalue weighted by atomic mass is 10.2. The van der Waals surface area contributed by atoms with Crippen molar-refractivity contribution in [1.82, 2.24) is 0 Å². The number of azo groups is 2. The standard InChI is InChI=1S/C14H24N6O10/c1-11(2)27-7-13(8-28-11,19(23)24)17(21)15-5-6-16-18(22)14(20(25)26)9-29-12(3,4)30-10-14/h5-10H2,1-4H3. The zero-order chi connectivity index (χ0) is 22.8. The predicted octanol–water partition coefficient (Wildman–Crippen LogP) is 0.423. The third-order valence-corrected chi connectivity index (χ3v) is 4.55. The van der Waals surface area contributed by atoms with E-state index < -0.39 is 72.3 Å². The second kappa shape index (κ2) is 8.29. The van der Waals surface area contributed by atoms with E-state index in [2.05, 4.69) is 10.2 Å². The Hall–Kier alpha value is -2.56. The summed E-state index contributed by atoms with van der Waals surface area (Å²) in [6.45, 7) is 2.99. The second-order valence-corrected chi connectivity index (χ2v) is 7.71. The quantitative estimate of drug-likeness (QED) is 0.134. The minimum absolute atomic E-state index is 0.161. The smallest absolute Gasteiger partial charge is 0.483 e. The molecule has 2 aliphatic heterocycles. The van der Waals surface area contributed by atoms with Gasteiger partial charge in [0.05, 0.1) is 0 Å². The number of rotatable bonds is 7. The van der Waals surface area contributed by atoms with Gasteiger partial charge >= 0.3 is 11.3 Å². The molecule has 0 N–H and O–H groups in total. The Labute approximate surface area is 170 Å². The second-order valence-electron chi connectivity index (χ2n) is 7.71. The van der Waals surface area contributed by atoms with Gasteiger partial charge in [-0.15, -0.1) is 0 Å². The van der Waals surface area contributed by atoms with E-state index in [1.807, 2.05) is 0 Å². The number of hydroxylamine groups is 2. The van der Waals surface area contributed by atoms with Gasteiger partial charge in [-0.2, -0.15) is 0 Å². The van der Waals surface area contributed by atoms with Crippen molar-refractivity contribution in [3.8, 4) is 0 Å². The molecule has 0 aromatic heterocycles. The van der Waals surface area contributed by atoms with Crippen molar-refractivity contribution in [1.29, 1.82) is 0 Å². The molecule has 2 heterocycles. The van der Waals surface area contributed by atoms with Gasteiger partial charge in [-0.25, -0.2) is 0 Å². The zero-order valence-electron chi connectivity index (χ0n) is 17.0. The first-order valence-electron chi connectivity index (χ1n) is 8.91. The molecule has 2 saturated heterocycles. The summed E-state index contributed by atoms with van der Waals surface area (Å²) < 4.78 is 20.8. The minimum atomic E-state index is -2.29. The van der Waals surface area contributed by atoms with Gasteiger partial charge in [-0.3, -0.25) is 20.2 Å². The number of hydrogen-bond acceptors (Lipinski definition) is 12. The van der Waals surface area contributed by atoms with Crippen molar-refractivity contribution >= 4 is 0 Å². The van der Waals surface area contributed by atoms with E-state index >= 15 is 0 Å². The number of nitrogens with zero attached hydrogens (tertiary/aromatic N) is 6. The Morgan fingerprint density at radius 1 is 0.667 bits per heavy atom. The number of hydrogen-bond donors (Lipinski definition) is 0. The normalized spacial score (nSPS) is 25.5. The summed E-state index contributed by atoms with van der Waals surface area (Å²) in [7, 11) is 0. The topological polar surface area (TPSA) is 200 Å². The van der Waals surface area contributed by atoms with Gasteiger partial charge in [-0.1, -0.05) is 0 Å². The van der Waals surface area contributed by atoms with Crippen LogP contribution in [0.15, 0.2) is 10.2 Å². The van der Waals surface area contributed by atoms with Gasteiger partial charge in [0, 0.05) is 0 Å². The van der Waals surface area contributed by atoms with Crippen molar-refractivity contribution in [3.63, 3.8) is 0 Å². The first kappa shape index (κ1) is 23.7. The minimum Gasteiger partial charge on any atom is -0.594 e. The molecule has 16 nitrogen and oxygen atoms in total. The average Bonchev–Trinajstić information content (AvgIpc) is 2.65. The lowest BCUT2D eigenvalue weighted by molar-refractivity contribution is -0.829. The Morgan fingerprint density at radius 3 is 1.17 bits per heavy atom. The van der Waals surface area contributed by atoms with Crippen LogP contribution in [0.25, 0.3) is 0 Å². The van der Waals surface area contributed by atoms with Gasteiger partial charge in [-0.05, 0) is 47.6 Å². The van der Waals surface area contributed by atoms with Crippen molar-refractivity contribution in [2.45, 2.75) is 50.6 Å². The molecule has 2 fully saturated rings. The molecule has 30 heavy (non-hydrogen) atoms. The van der Waals surface area contributed by atoms with Crippen LogP contribution < -0.4 is 0 Å². The first-order valence-corrected chi connectivity index (χ1v) is 8.91. The van der Waals surface area contributed by atoms with Crippen LogP contribution in [0.1, 0.15) is 27.7 Å². The van der Waals surface area contributed by atoms with E-state index in [0.29, 0.717) is 0 Å². The van der Waals surface area contributed by atoms with Gasteiger partial charge in [0.25, 0.3) is 0 Å². The largest absolute Gasteiger partial charge is 0.594 e. The van der Waals surface area contributed by atoms with E-state index in [1.54, 1.807) is 0 Å². The SMILES string of the molecule is CC1(C)OCC([N+](=O)[O-])([N+]([O-])=NCCN=[N+]([O-])C2([N+](=O)[O-])COC(C)(C)OC2)CO1. The highest BCUT2D eigenvalue weighted by Crippen LogP contribution is 2.27. The summed E-state index contributed by atoms with van der Waals surface area (Å²) in [5.41, 5.74) is -4.57. The lowest BCUT2D eigenvalue weighted by Crippen LogP contribution is -2.61. The molecule has 0 atom stereocenters. The Morgan fingerprint density at radius 2 is 0.933 bits per heavy atom. The van der Waals surface area contributed by atoms with Crippen LogP contribution in [0.3, 0.4) is 0 Å². The van der Waals surface area contributed by atoms with E-state index in [-0.39, 0.29) is 9.72 Å². The zero-order valence-corrected chi connectivity index (χ0v) is 17.0. The van der Waals surface area contributed by atoms with Crippen LogP contribution in [0.4, 0.5) is 0 Å². The fourth-order valence-electron chi connectivity index (χ4n) is 2.43. The van der Waals surface area contributed by atoms with Gasteiger partial charge in [0.15, 0.2) is 38.0 Å². The Kier molecular flexibility index (Phi) is 6.55. The Bertz CT molecular complexity index is 669. The van der Waals surface area contributed by atoms with Crippen molar-refractivity contribution in [2.75, 3.05) is 39.5 Å². The van der Waals surface area contributed by atoms with Crippen molar-refractivity contribution in [3.05, 3.63) is 30.6 Å². The molecule has 0 aromatic carbocycles. The summed E-state index contributed by atoms with van der Waals surface area (Å²) in [5.74, 6) is -2.18. The molecule has 170 valence electrons. The molecule has 2 aliphatic rings. The molecule has 0 aromatic rings. The van der Waals surface area contributed by atoms with Crippen LogP contribution in [-0.2, 0) is 18.9 Å². The Balaban J connectivity index is 2.06. The molecule has 16 heteroatoms. The highest BCUT2D eigenvalue weighted by molar-refractivity contribution is 4.75. The fourth-order valence-corrected chi connectivity index (χ4v) is 2.43. The summed E-state index contributed by atoms with van der Waals surface area (Å²) >= 11 is 0. The van der Waals surface area contributed by atoms with Crippen LogP contribution in [0.5, 0.6) is 0 Å². The molecular formula is C14H24N6O10. The maximum absolute atomic E-state index is 12.2. The van der Waals surface area contributed by atoms with Crippen molar-refractivity contribution in [2.24, 2.45) is 10.2 Å². The molecule has 2 rings (SSSR count). The van der Waals surface area contributed by atoms with E-state index in [9.17, 15) is 30.6 Å². The summed E-state index contributed by atoms with van der Waals surface area (Å²) in [6.07, 6.45) is 0. The van der Waals surface area contributed by atoms with Gasteiger partial charge in [0.2, 0.25) is 0 Å². The summed E-state index contributed by atoms with van der Waals surface area (Å²) in [4.78, 5) is 20.8. The number of ether oxygens (including phenoxy) is 4. The third-order valence-electron chi connectivity index (χ3n) is 4.55. The van der Waals surface area contributed by atoms with E-state index in [0.717, 1.165) is 0 Å². The maximum Gasteiger partial charge on any atom is 0.483 e. The van der Waals surface area contributed by atoms with Gasteiger partial charge < -0.3 is 29.4 Å². The third kappa shape index (κ3) is 4.77. The fraction of sp³-hybridized carbons (Fsp3) is 1.00. The van der Waals surface area contributed by atoms with Crippen LogP contribution >= 0.6 is 0 Å². The molecule has 0 saturated carbocycles. The highest BCUT2D eigenvalue weighted by atomic mass is 16.7. The lowest BCUT2D eigenvalue weighted by Gasteiger charge is -2.34. The van der Waals surface area contributed by atoms with Gasteiger partial charge in [0.1, 0.15) is 22.9 Å². The molecule has 0 unspecified atom stereocenters. The van der Waals surface area contributed by atoms with Crippen LogP contribution in [-0.4, -0.2) is 82.0 Å². The van der Waals surface area contributed by atoms with Crippen LogP contribution in [0.2, 0.25) is 0 Å². The highest BCUT2D eigenvalue weighted by Gasteiger charge is 2.61.